The quantitative estimate of drug-likeness (QED) is 0.699. The first-order chi connectivity index (χ1) is 11.0. The maximum Gasteiger partial charge on any atom is 0.408 e. The number of carbonyl (C=O) groups is 2. The van der Waals surface area contributed by atoms with Crippen LogP contribution in [-0.4, -0.2) is 62.0 Å². The zero-order valence-corrected chi connectivity index (χ0v) is 15.3. The standard InChI is InChI=1S/C16H29NO7/c1-7-21-13(18)12(17-14(19)24-15(2,3)4)10-20-8-11-9-22-16(5,6)23-11/h11-12H,7-10H2,1-6H3,(H,17,19)/t11-,12?/m0/s1. The molecule has 0 radical (unpaired) electrons. The molecule has 1 aliphatic rings. The smallest absolute Gasteiger partial charge is 0.408 e. The molecule has 1 aliphatic heterocycles. The molecule has 1 amide bonds. The number of nitrogens with one attached hydrogen (secondary N) is 1. The fraction of sp³-hybridized carbons (Fsp3) is 0.875. The second-order valence-corrected chi connectivity index (χ2v) is 6.94. The van der Waals surface area contributed by atoms with E-state index in [0.29, 0.717) is 6.61 Å². The van der Waals surface area contributed by atoms with Crippen LogP contribution in [0.5, 0.6) is 0 Å². The molecular formula is C16H29NO7. The molecule has 1 rings (SSSR count). The Kier molecular flexibility index (Phi) is 7.44. The highest BCUT2D eigenvalue weighted by atomic mass is 16.7. The van der Waals surface area contributed by atoms with Crippen LogP contribution in [0.25, 0.3) is 0 Å². The van der Waals surface area contributed by atoms with E-state index in [1.54, 1.807) is 27.7 Å². The van der Waals surface area contributed by atoms with Crippen molar-refractivity contribution in [3.8, 4) is 0 Å². The van der Waals surface area contributed by atoms with E-state index in [9.17, 15) is 9.59 Å². The highest BCUT2D eigenvalue weighted by molar-refractivity contribution is 5.81. The molecule has 0 saturated carbocycles. The average Bonchev–Trinajstić information content (AvgIpc) is 2.75. The van der Waals surface area contributed by atoms with Crippen molar-refractivity contribution in [2.75, 3.05) is 26.4 Å². The fourth-order valence-corrected chi connectivity index (χ4v) is 2.02. The Morgan fingerprint density at radius 2 is 2.00 bits per heavy atom. The Hall–Kier alpha value is -1.38. The number of hydrogen-bond donors (Lipinski definition) is 1. The summed E-state index contributed by atoms with van der Waals surface area (Å²) in [4.78, 5) is 23.8. The first-order valence-electron chi connectivity index (χ1n) is 8.08. The van der Waals surface area contributed by atoms with Crippen LogP contribution in [0.15, 0.2) is 0 Å². The van der Waals surface area contributed by atoms with Crippen LogP contribution in [0.3, 0.4) is 0 Å². The zero-order valence-electron chi connectivity index (χ0n) is 15.3. The molecule has 2 atom stereocenters. The van der Waals surface area contributed by atoms with Crippen LogP contribution in [0, 0.1) is 0 Å². The van der Waals surface area contributed by atoms with Gasteiger partial charge >= 0.3 is 12.1 Å². The van der Waals surface area contributed by atoms with Crippen LogP contribution < -0.4 is 5.32 Å². The van der Waals surface area contributed by atoms with E-state index in [0.717, 1.165) is 0 Å². The average molecular weight is 347 g/mol. The van der Waals surface area contributed by atoms with E-state index in [4.69, 9.17) is 23.7 Å². The normalized spacial score (nSPS) is 21.2. The second kappa shape index (κ2) is 8.64. The van der Waals surface area contributed by atoms with Gasteiger partial charge in [-0.3, -0.25) is 0 Å². The van der Waals surface area contributed by atoms with Gasteiger partial charge in [0.05, 0.1) is 26.4 Å². The van der Waals surface area contributed by atoms with Gasteiger partial charge in [-0.1, -0.05) is 0 Å². The van der Waals surface area contributed by atoms with Crippen molar-refractivity contribution in [1.29, 1.82) is 0 Å². The van der Waals surface area contributed by atoms with Crippen LogP contribution in [-0.2, 0) is 28.5 Å². The summed E-state index contributed by atoms with van der Waals surface area (Å²) in [5.41, 5.74) is -0.662. The van der Waals surface area contributed by atoms with Gasteiger partial charge < -0.3 is 29.0 Å². The molecule has 8 heteroatoms. The van der Waals surface area contributed by atoms with Gasteiger partial charge in [0.25, 0.3) is 0 Å². The van der Waals surface area contributed by atoms with E-state index in [1.807, 2.05) is 13.8 Å². The highest BCUT2D eigenvalue weighted by Crippen LogP contribution is 2.22. The van der Waals surface area contributed by atoms with E-state index in [1.165, 1.54) is 0 Å². The molecule has 0 aromatic rings. The number of hydrogen-bond acceptors (Lipinski definition) is 7. The van der Waals surface area contributed by atoms with Gasteiger partial charge in [-0.15, -0.1) is 0 Å². The van der Waals surface area contributed by atoms with Crippen LogP contribution >= 0.6 is 0 Å². The topological polar surface area (TPSA) is 92.3 Å². The summed E-state index contributed by atoms with van der Waals surface area (Å²) in [7, 11) is 0. The van der Waals surface area contributed by atoms with E-state index in [-0.39, 0.29) is 25.9 Å². The maximum atomic E-state index is 11.9. The molecule has 1 saturated heterocycles. The molecule has 1 unspecified atom stereocenters. The van der Waals surface area contributed by atoms with Gasteiger partial charge in [-0.25, -0.2) is 9.59 Å². The molecule has 140 valence electrons. The fourth-order valence-electron chi connectivity index (χ4n) is 2.02. The highest BCUT2D eigenvalue weighted by Gasteiger charge is 2.33. The Labute approximate surface area is 143 Å². The molecule has 1 fully saturated rings. The summed E-state index contributed by atoms with van der Waals surface area (Å²) in [5, 5.41) is 2.47. The van der Waals surface area contributed by atoms with Crippen molar-refractivity contribution < 1.29 is 33.3 Å². The largest absolute Gasteiger partial charge is 0.464 e. The van der Waals surface area contributed by atoms with Gasteiger partial charge in [0.1, 0.15) is 11.7 Å². The zero-order chi connectivity index (χ0) is 18.4. The summed E-state index contributed by atoms with van der Waals surface area (Å²) in [6.45, 7) is 11.4. The van der Waals surface area contributed by atoms with E-state index >= 15 is 0 Å². The molecule has 0 aromatic carbocycles. The molecule has 24 heavy (non-hydrogen) atoms. The Bertz CT molecular complexity index is 431. The van der Waals surface area contributed by atoms with E-state index < -0.39 is 29.5 Å². The molecule has 0 spiro atoms. The lowest BCUT2D eigenvalue weighted by molar-refractivity contribution is -0.151. The van der Waals surface area contributed by atoms with Gasteiger partial charge in [-0.2, -0.15) is 0 Å². The molecule has 1 N–H and O–H groups in total. The van der Waals surface area contributed by atoms with Crippen molar-refractivity contribution in [3.63, 3.8) is 0 Å². The lowest BCUT2D eigenvalue weighted by Crippen LogP contribution is -2.47. The number of amides is 1. The van der Waals surface area contributed by atoms with Crippen LogP contribution in [0.1, 0.15) is 41.5 Å². The van der Waals surface area contributed by atoms with Crippen molar-refractivity contribution >= 4 is 12.1 Å². The Morgan fingerprint density at radius 3 is 2.50 bits per heavy atom. The van der Waals surface area contributed by atoms with Crippen molar-refractivity contribution in [2.24, 2.45) is 0 Å². The summed E-state index contributed by atoms with van der Waals surface area (Å²) in [6, 6.07) is -0.949. The van der Waals surface area contributed by atoms with E-state index in [2.05, 4.69) is 5.32 Å². The van der Waals surface area contributed by atoms with Gasteiger partial charge in [0.15, 0.2) is 11.8 Å². The molecule has 1 heterocycles. The van der Waals surface area contributed by atoms with Crippen LogP contribution in [0.2, 0.25) is 0 Å². The monoisotopic (exact) mass is 347 g/mol. The molecule has 0 aliphatic carbocycles. The first kappa shape index (κ1) is 20.7. The summed E-state index contributed by atoms with van der Waals surface area (Å²) >= 11 is 0. The lowest BCUT2D eigenvalue weighted by atomic mass is 10.2. The number of esters is 1. The van der Waals surface area contributed by atoms with Gasteiger partial charge in [-0.05, 0) is 41.5 Å². The molecule has 0 aromatic heterocycles. The lowest BCUT2D eigenvalue weighted by Gasteiger charge is -2.23. The summed E-state index contributed by atoms with van der Waals surface area (Å²) in [6.07, 6.45) is -0.921. The third-order valence-electron chi connectivity index (χ3n) is 2.92. The minimum absolute atomic E-state index is 0.0433. The molecule has 8 nitrogen and oxygen atoms in total. The minimum Gasteiger partial charge on any atom is -0.464 e. The van der Waals surface area contributed by atoms with Crippen molar-refractivity contribution in [2.45, 2.75) is 65.1 Å². The maximum absolute atomic E-state index is 11.9. The first-order valence-corrected chi connectivity index (χ1v) is 8.08. The SMILES string of the molecule is CCOC(=O)C(COC[C@H]1COC(C)(C)O1)NC(=O)OC(C)(C)C. The number of carbonyl (C=O) groups excluding carboxylic acids is 2. The second-order valence-electron chi connectivity index (χ2n) is 6.94. The Morgan fingerprint density at radius 1 is 1.33 bits per heavy atom. The minimum atomic E-state index is -0.949. The number of rotatable bonds is 7. The molecule has 0 bridgehead atoms. The van der Waals surface area contributed by atoms with Crippen molar-refractivity contribution in [3.05, 3.63) is 0 Å². The summed E-state index contributed by atoms with van der Waals surface area (Å²) in [5.74, 6) is -1.21. The van der Waals surface area contributed by atoms with Gasteiger partial charge in [0, 0.05) is 0 Å². The number of ether oxygens (including phenoxy) is 5. The number of alkyl carbamates (subject to hydrolysis) is 1. The predicted octanol–water partition coefficient (Wildman–Crippen LogP) is 1.61. The van der Waals surface area contributed by atoms with Crippen LogP contribution in [0.4, 0.5) is 4.79 Å². The van der Waals surface area contributed by atoms with Crippen molar-refractivity contribution in [1.82, 2.24) is 5.32 Å². The predicted molar refractivity (Wildman–Crippen MR) is 85.5 cm³/mol. The van der Waals surface area contributed by atoms with Gasteiger partial charge in [0.2, 0.25) is 0 Å². The third kappa shape index (κ3) is 7.94. The Balaban J connectivity index is 2.47. The summed E-state index contributed by atoms with van der Waals surface area (Å²) < 4.78 is 26.6. The molecular weight excluding hydrogens is 318 g/mol. The third-order valence-corrected chi connectivity index (χ3v) is 2.92.